The molecule has 2 fully saturated rings. The number of hydrogen-bond donors (Lipinski definition) is 1. The summed E-state index contributed by atoms with van der Waals surface area (Å²) in [5.41, 5.74) is 0. The Kier molecular flexibility index (Phi) is 6.40. The first-order chi connectivity index (χ1) is 10.0. The van der Waals surface area contributed by atoms with Crippen molar-refractivity contribution in [3.05, 3.63) is 0 Å². The maximum Gasteiger partial charge on any atom is 0.306 e. The van der Waals surface area contributed by atoms with Crippen molar-refractivity contribution < 1.29 is 9.90 Å². The van der Waals surface area contributed by atoms with E-state index in [0.29, 0.717) is 5.92 Å². The minimum Gasteiger partial charge on any atom is -0.481 e. The lowest BCUT2D eigenvalue weighted by molar-refractivity contribution is -0.143. The summed E-state index contributed by atoms with van der Waals surface area (Å²) in [6.45, 7) is 2.27. The fourth-order valence-corrected chi connectivity index (χ4v) is 4.84. The summed E-state index contributed by atoms with van der Waals surface area (Å²) < 4.78 is 0. The largest absolute Gasteiger partial charge is 0.481 e. The SMILES string of the molecule is CCCCCC1CCC(C2(Cl)CCC(C(=O)O)CC2)CC1. The van der Waals surface area contributed by atoms with Gasteiger partial charge in [0.1, 0.15) is 0 Å². The highest BCUT2D eigenvalue weighted by Gasteiger charge is 2.42. The molecule has 0 unspecified atom stereocenters. The van der Waals surface area contributed by atoms with E-state index in [0.717, 1.165) is 31.6 Å². The molecule has 0 radical (unpaired) electrons. The molecule has 0 aromatic carbocycles. The van der Waals surface area contributed by atoms with Gasteiger partial charge in [-0.3, -0.25) is 4.79 Å². The van der Waals surface area contributed by atoms with Gasteiger partial charge in [-0.15, -0.1) is 11.6 Å². The lowest BCUT2D eigenvalue weighted by Crippen LogP contribution is -2.39. The molecule has 0 spiro atoms. The molecule has 0 aromatic rings. The normalized spacial score (nSPS) is 37.3. The van der Waals surface area contributed by atoms with Crippen molar-refractivity contribution in [3.63, 3.8) is 0 Å². The first-order valence-corrected chi connectivity index (χ1v) is 9.34. The standard InChI is InChI=1S/C18H31ClO2/c1-2-3-4-5-14-6-8-16(9-7-14)18(19)12-10-15(11-13-18)17(20)21/h14-16H,2-13H2,1H3,(H,20,21). The van der Waals surface area contributed by atoms with Crippen molar-refractivity contribution in [1.82, 2.24) is 0 Å². The van der Waals surface area contributed by atoms with E-state index in [4.69, 9.17) is 16.7 Å². The van der Waals surface area contributed by atoms with Gasteiger partial charge in [0, 0.05) is 4.87 Å². The molecule has 2 rings (SSSR count). The van der Waals surface area contributed by atoms with Crippen LogP contribution in [0.2, 0.25) is 0 Å². The average Bonchev–Trinajstić information content (AvgIpc) is 2.48. The van der Waals surface area contributed by atoms with E-state index in [1.54, 1.807) is 0 Å². The third-order valence-corrected chi connectivity index (χ3v) is 6.65. The zero-order chi connectivity index (χ0) is 15.3. The van der Waals surface area contributed by atoms with Gasteiger partial charge in [-0.05, 0) is 50.4 Å². The molecule has 21 heavy (non-hydrogen) atoms. The van der Waals surface area contributed by atoms with Gasteiger partial charge in [0.05, 0.1) is 5.92 Å². The van der Waals surface area contributed by atoms with E-state index in [1.165, 1.54) is 51.4 Å². The topological polar surface area (TPSA) is 37.3 Å². The van der Waals surface area contributed by atoms with Crippen molar-refractivity contribution >= 4 is 17.6 Å². The second kappa shape index (κ2) is 7.85. The van der Waals surface area contributed by atoms with Crippen molar-refractivity contribution in [3.8, 4) is 0 Å². The number of carboxylic acid groups (broad SMARTS) is 1. The van der Waals surface area contributed by atoms with E-state index in [2.05, 4.69) is 6.92 Å². The maximum atomic E-state index is 11.1. The fraction of sp³-hybridized carbons (Fsp3) is 0.944. The van der Waals surface area contributed by atoms with Crippen LogP contribution in [0.15, 0.2) is 0 Å². The van der Waals surface area contributed by atoms with Crippen molar-refractivity contribution in [2.45, 2.75) is 88.8 Å². The summed E-state index contributed by atoms with van der Waals surface area (Å²) in [7, 11) is 0. The Morgan fingerprint density at radius 1 is 1.10 bits per heavy atom. The van der Waals surface area contributed by atoms with Gasteiger partial charge in [-0.1, -0.05) is 45.4 Å². The number of hydrogen-bond acceptors (Lipinski definition) is 1. The molecule has 1 N–H and O–H groups in total. The number of unbranched alkanes of at least 4 members (excludes halogenated alkanes) is 2. The molecule has 0 saturated heterocycles. The van der Waals surface area contributed by atoms with E-state index < -0.39 is 5.97 Å². The minimum absolute atomic E-state index is 0.0969. The van der Waals surface area contributed by atoms with Crippen LogP contribution in [0.5, 0.6) is 0 Å². The molecule has 0 aromatic heterocycles. The lowest BCUT2D eigenvalue weighted by atomic mass is 9.68. The van der Waals surface area contributed by atoms with Gasteiger partial charge < -0.3 is 5.11 Å². The van der Waals surface area contributed by atoms with Crippen LogP contribution in [0.25, 0.3) is 0 Å². The summed E-state index contributed by atoms with van der Waals surface area (Å²) in [6.07, 6.45) is 14.0. The van der Waals surface area contributed by atoms with Crippen LogP contribution in [-0.4, -0.2) is 16.0 Å². The van der Waals surface area contributed by atoms with Crippen LogP contribution >= 0.6 is 11.6 Å². The molecule has 3 heteroatoms. The zero-order valence-corrected chi connectivity index (χ0v) is 14.2. The Bertz CT molecular complexity index is 326. The Morgan fingerprint density at radius 2 is 1.71 bits per heavy atom. The molecule has 0 amide bonds. The summed E-state index contributed by atoms with van der Waals surface area (Å²) in [5, 5.41) is 9.11. The lowest BCUT2D eigenvalue weighted by Gasteiger charge is -2.43. The van der Waals surface area contributed by atoms with Crippen LogP contribution in [-0.2, 0) is 4.79 Å². The van der Waals surface area contributed by atoms with Gasteiger partial charge >= 0.3 is 5.97 Å². The quantitative estimate of drug-likeness (QED) is 0.510. The summed E-state index contributed by atoms with van der Waals surface area (Å²) >= 11 is 6.91. The Labute approximate surface area is 134 Å². The van der Waals surface area contributed by atoms with E-state index in [-0.39, 0.29) is 10.8 Å². The summed E-state index contributed by atoms with van der Waals surface area (Å²) in [6, 6.07) is 0. The smallest absolute Gasteiger partial charge is 0.306 e. The van der Waals surface area contributed by atoms with Gasteiger partial charge in [0.2, 0.25) is 0 Å². The second-order valence-electron chi connectivity index (χ2n) is 7.36. The van der Waals surface area contributed by atoms with Gasteiger partial charge in [0.15, 0.2) is 0 Å². The molecule has 2 aliphatic rings. The molecule has 2 nitrogen and oxygen atoms in total. The van der Waals surface area contributed by atoms with Crippen LogP contribution < -0.4 is 0 Å². The van der Waals surface area contributed by atoms with E-state index >= 15 is 0 Å². The highest BCUT2D eigenvalue weighted by atomic mass is 35.5. The number of aliphatic carboxylic acids is 1. The van der Waals surface area contributed by atoms with Gasteiger partial charge in [-0.2, -0.15) is 0 Å². The Hall–Kier alpha value is -0.240. The first-order valence-electron chi connectivity index (χ1n) is 8.97. The number of halogens is 1. The molecular formula is C18H31ClO2. The number of carbonyl (C=O) groups is 1. The zero-order valence-electron chi connectivity index (χ0n) is 13.5. The highest BCUT2D eigenvalue weighted by Crippen LogP contribution is 2.48. The van der Waals surface area contributed by atoms with Crippen LogP contribution in [0.3, 0.4) is 0 Å². The predicted molar refractivity (Wildman–Crippen MR) is 87.8 cm³/mol. The van der Waals surface area contributed by atoms with Crippen LogP contribution in [0, 0.1) is 17.8 Å². The highest BCUT2D eigenvalue weighted by molar-refractivity contribution is 6.24. The molecule has 122 valence electrons. The molecule has 0 bridgehead atoms. The first kappa shape index (κ1) is 17.1. The van der Waals surface area contributed by atoms with Gasteiger partial charge in [0.25, 0.3) is 0 Å². The second-order valence-corrected chi connectivity index (χ2v) is 8.11. The van der Waals surface area contributed by atoms with E-state index in [9.17, 15) is 4.79 Å². The maximum absolute atomic E-state index is 11.1. The van der Waals surface area contributed by atoms with Crippen molar-refractivity contribution in [1.29, 1.82) is 0 Å². The summed E-state index contributed by atoms with van der Waals surface area (Å²) in [5.74, 6) is 0.760. The fourth-order valence-electron chi connectivity index (χ4n) is 4.40. The number of carboxylic acids is 1. The monoisotopic (exact) mass is 314 g/mol. The molecule has 2 aliphatic carbocycles. The van der Waals surface area contributed by atoms with Gasteiger partial charge in [-0.25, -0.2) is 0 Å². The average molecular weight is 315 g/mol. The third-order valence-electron chi connectivity index (χ3n) is 5.96. The molecule has 0 aliphatic heterocycles. The minimum atomic E-state index is -0.631. The van der Waals surface area contributed by atoms with E-state index in [1.807, 2.05) is 0 Å². The Balaban J connectivity index is 1.75. The Morgan fingerprint density at radius 3 is 2.24 bits per heavy atom. The molecule has 0 atom stereocenters. The van der Waals surface area contributed by atoms with Crippen LogP contribution in [0.1, 0.15) is 84.0 Å². The molecule has 2 saturated carbocycles. The van der Waals surface area contributed by atoms with Crippen molar-refractivity contribution in [2.75, 3.05) is 0 Å². The van der Waals surface area contributed by atoms with Crippen molar-refractivity contribution in [2.24, 2.45) is 17.8 Å². The number of alkyl halides is 1. The van der Waals surface area contributed by atoms with Crippen LogP contribution in [0.4, 0.5) is 0 Å². The molecule has 0 heterocycles. The molecular weight excluding hydrogens is 284 g/mol. The predicted octanol–water partition coefficient (Wildman–Crippen LogP) is 5.63. The summed E-state index contributed by atoms with van der Waals surface area (Å²) in [4.78, 5) is 11.0. The number of rotatable bonds is 6. The third kappa shape index (κ3) is 4.61.